The maximum atomic E-state index is 14.5. The summed E-state index contributed by atoms with van der Waals surface area (Å²) >= 11 is 0. The van der Waals surface area contributed by atoms with Gasteiger partial charge in [-0.05, 0) is 24.8 Å². The number of morpholine rings is 1. The van der Waals surface area contributed by atoms with E-state index in [0.717, 1.165) is 18.7 Å². The van der Waals surface area contributed by atoms with Crippen molar-refractivity contribution in [2.75, 3.05) is 65.6 Å². The standard InChI is InChI=1S/C34H44N4O8/c39-20-7-6-15-38-30-32(42)37(17-16-36-18-21-44-22-19-36)14-8-13-34(30)29(31(38)41)28-25(46-34)11-4-5-12-27(40)35-23-26(45-33(28)43)24-9-2-1-3-10-24/h1-4,8-11,13,25-26,28-30,39H,5-7,12,14-23H2,(H,35,40)/b11-4-/t25-,26+,28+,29+,30-,34+/m0/s1. The van der Waals surface area contributed by atoms with Gasteiger partial charge in [-0.2, -0.15) is 0 Å². The van der Waals surface area contributed by atoms with Crippen LogP contribution in [0.3, 0.4) is 0 Å². The number of aliphatic hydroxyl groups is 1. The molecule has 3 fully saturated rings. The van der Waals surface area contributed by atoms with Crippen LogP contribution >= 0.6 is 0 Å². The fourth-order valence-corrected chi connectivity index (χ4v) is 7.38. The predicted octanol–water partition coefficient (Wildman–Crippen LogP) is 0.821. The number of aliphatic hydroxyl groups excluding tert-OH is 1. The van der Waals surface area contributed by atoms with E-state index in [2.05, 4.69) is 10.2 Å². The van der Waals surface area contributed by atoms with Gasteiger partial charge in [-0.15, -0.1) is 0 Å². The molecule has 0 aromatic heterocycles. The molecule has 2 N–H and O–H groups in total. The molecular weight excluding hydrogens is 592 g/mol. The van der Waals surface area contributed by atoms with Crippen LogP contribution in [0, 0.1) is 11.8 Å². The Morgan fingerprint density at radius 2 is 1.76 bits per heavy atom. The summed E-state index contributed by atoms with van der Waals surface area (Å²) in [6.07, 6.45) is 7.29. The molecule has 3 saturated heterocycles. The van der Waals surface area contributed by atoms with E-state index in [4.69, 9.17) is 14.2 Å². The van der Waals surface area contributed by atoms with E-state index >= 15 is 0 Å². The van der Waals surface area contributed by atoms with Gasteiger partial charge in [0.15, 0.2) is 0 Å². The molecule has 0 aliphatic carbocycles. The summed E-state index contributed by atoms with van der Waals surface area (Å²) in [5.74, 6) is -3.31. The largest absolute Gasteiger partial charge is 0.455 e. The molecule has 1 aromatic rings. The van der Waals surface area contributed by atoms with Gasteiger partial charge in [-0.1, -0.05) is 54.6 Å². The summed E-state index contributed by atoms with van der Waals surface area (Å²) in [7, 11) is 0. The topological polar surface area (TPSA) is 138 Å². The fourth-order valence-electron chi connectivity index (χ4n) is 7.38. The Balaban J connectivity index is 1.34. The van der Waals surface area contributed by atoms with Crippen molar-refractivity contribution >= 4 is 23.7 Å². The summed E-state index contributed by atoms with van der Waals surface area (Å²) < 4.78 is 18.4. The number of esters is 1. The molecule has 5 aliphatic heterocycles. The minimum atomic E-state index is -1.38. The predicted molar refractivity (Wildman–Crippen MR) is 166 cm³/mol. The number of hydrogen-bond donors (Lipinski definition) is 2. The van der Waals surface area contributed by atoms with E-state index in [0.29, 0.717) is 52.1 Å². The number of amides is 3. The van der Waals surface area contributed by atoms with Gasteiger partial charge in [0.25, 0.3) is 0 Å². The third-order valence-corrected chi connectivity index (χ3v) is 9.72. The normalized spacial score (nSPS) is 32.8. The number of fused-ring (bicyclic) bond motifs is 2. The second-order valence-electron chi connectivity index (χ2n) is 12.6. The molecular formula is C34H44N4O8. The van der Waals surface area contributed by atoms with Crippen molar-refractivity contribution in [2.24, 2.45) is 11.8 Å². The summed E-state index contributed by atoms with van der Waals surface area (Å²) in [6, 6.07) is 8.22. The number of hydrogen-bond acceptors (Lipinski definition) is 9. The summed E-state index contributed by atoms with van der Waals surface area (Å²) in [5, 5.41) is 12.4. The SMILES string of the molecule is O=C1CC/C=C\[C@@H]2O[C@@]34C=CCN(CCN5CCOCC5)C(=O)[C@@H]3N(CCCCO)C(=O)[C@H]4[C@@H]2C(=O)O[C@@H](c2ccccc2)CN1. The molecule has 12 nitrogen and oxygen atoms in total. The molecule has 12 heteroatoms. The highest BCUT2D eigenvalue weighted by Gasteiger charge is 2.71. The molecule has 1 spiro atoms. The van der Waals surface area contributed by atoms with Crippen LogP contribution in [0.4, 0.5) is 0 Å². The third kappa shape index (κ3) is 6.48. The van der Waals surface area contributed by atoms with Gasteiger partial charge < -0.3 is 34.4 Å². The number of nitrogens with one attached hydrogen (secondary N) is 1. The van der Waals surface area contributed by atoms with Crippen LogP contribution in [0.15, 0.2) is 54.6 Å². The first-order valence-corrected chi connectivity index (χ1v) is 16.5. The van der Waals surface area contributed by atoms with Gasteiger partial charge in [-0.3, -0.25) is 24.1 Å². The number of nitrogens with zero attached hydrogens (tertiary/aromatic N) is 3. The van der Waals surface area contributed by atoms with Crippen LogP contribution < -0.4 is 5.32 Å². The second kappa shape index (κ2) is 14.5. The highest BCUT2D eigenvalue weighted by Crippen LogP contribution is 2.53. The molecule has 248 valence electrons. The summed E-state index contributed by atoms with van der Waals surface area (Å²) in [4.78, 5) is 61.3. The lowest BCUT2D eigenvalue weighted by atomic mass is 9.78. The van der Waals surface area contributed by atoms with Crippen LogP contribution in [-0.4, -0.2) is 127 Å². The van der Waals surface area contributed by atoms with Crippen molar-refractivity contribution in [3.8, 4) is 0 Å². The highest BCUT2D eigenvalue weighted by molar-refractivity contribution is 5.99. The first kappa shape index (κ1) is 32.4. The number of benzene rings is 1. The lowest BCUT2D eigenvalue weighted by molar-refractivity contribution is -0.160. The zero-order chi connectivity index (χ0) is 32.1. The molecule has 5 heterocycles. The van der Waals surface area contributed by atoms with E-state index < -0.39 is 41.7 Å². The number of likely N-dealkylation sites (tertiary alicyclic amines) is 1. The number of carbonyl (C=O) groups excluding carboxylic acids is 4. The number of cyclic esters (lactones) is 1. The minimum Gasteiger partial charge on any atom is -0.455 e. The first-order chi connectivity index (χ1) is 22.4. The van der Waals surface area contributed by atoms with Crippen molar-refractivity contribution in [2.45, 2.75) is 49.5 Å². The number of allylic oxidation sites excluding steroid dienone is 1. The van der Waals surface area contributed by atoms with Gasteiger partial charge in [0, 0.05) is 52.3 Å². The number of unbranched alkanes of at least 4 members (excludes halogenated alkanes) is 1. The molecule has 0 bridgehead atoms. The third-order valence-electron chi connectivity index (χ3n) is 9.72. The molecule has 5 aliphatic rings. The quantitative estimate of drug-likeness (QED) is 0.241. The average molecular weight is 637 g/mol. The van der Waals surface area contributed by atoms with E-state index in [9.17, 15) is 24.3 Å². The van der Waals surface area contributed by atoms with Gasteiger partial charge in [-0.25, -0.2) is 0 Å². The van der Waals surface area contributed by atoms with Crippen molar-refractivity contribution in [1.82, 2.24) is 20.0 Å². The van der Waals surface area contributed by atoms with E-state index in [1.54, 1.807) is 22.0 Å². The Labute approximate surface area is 269 Å². The minimum absolute atomic E-state index is 0.0312. The van der Waals surface area contributed by atoms with Crippen LogP contribution in [-0.2, 0) is 33.4 Å². The second-order valence-corrected chi connectivity index (χ2v) is 12.6. The smallest absolute Gasteiger partial charge is 0.313 e. The van der Waals surface area contributed by atoms with Crippen molar-refractivity contribution in [3.63, 3.8) is 0 Å². The zero-order valence-electron chi connectivity index (χ0n) is 26.1. The molecule has 6 atom stereocenters. The van der Waals surface area contributed by atoms with Crippen molar-refractivity contribution in [3.05, 3.63) is 60.2 Å². The van der Waals surface area contributed by atoms with E-state index in [1.807, 2.05) is 42.5 Å². The number of carbonyl (C=O) groups is 4. The van der Waals surface area contributed by atoms with Crippen LogP contribution in [0.2, 0.25) is 0 Å². The van der Waals surface area contributed by atoms with Crippen molar-refractivity contribution < 1.29 is 38.5 Å². The first-order valence-electron chi connectivity index (χ1n) is 16.5. The number of ether oxygens (including phenoxy) is 3. The summed E-state index contributed by atoms with van der Waals surface area (Å²) in [6.45, 7) is 4.74. The van der Waals surface area contributed by atoms with Crippen LogP contribution in [0.1, 0.15) is 37.4 Å². The van der Waals surface area contributed by atoms with E-state index in [1.165, 1.54) is 0 Å². The molecule has 0 radical (unpaired) electrons. The lowest BCUT2D eigenvalue weighted by Crippen LogP contribution is -2.56. The monoisotopic (exact) mass is 636 g/mol. The molecule has 0 saturated carbocycles. The van der Waals surface area contributed by atoms with Gasteiger partial charge >= 0.3 is 5.97 Å². The average Bonchev–Trinajstić information content (AvgIpc) is 3.45. The lowest BCUT2D eigenvalue weighted by Gasteiger charge is -2.36. The fraction of sp³-hybridized carbons (Fsp3) is 0.588. The maximum Gasteiger partial charge on any atom is 0.313 e. The Hall–Kier alpha value is -3.58. The number of rotatable bonds is 8. The summed E-state index contributed by atoms with van der Waals surface area (Å²) in [5.41, 5.74) is -0.661. The van der Waals surface area contributed by atoms with Crippen LogP contribution in [0.25, 0.3) is 0 Å². The Kier molecular flexibility index (Phi) is 10.2. The Morgan fingerprint density at radius 3 is 2.54 bits per heavy atom. The highest BCUT2D eigenvalue weighted by atomic mass is 16.6. The Bertz CT molecular complexity index is 1330. The van der Waals surface area contributed by atoms with E-state index in [-0.39, 0.29) is 43.8 Å². The van der Waals surface area contributed by atoms with Crippen LogP contribution in [0.5, 0.6) is 0 Å². The molecule has 3 amide bonds. The zero-order valence-corrected chi connectivity index (χ0v) is 26.1. The molecule has 0 unspecified atom stereocenters. The molecule has 1 aromatic carbocycles. The van der Waals surface area contributed by atoms with Gasteiger partial charge in [0.05, 0.1) is 31.8 Å². The Morgan fingerprint density at radius 1 is 0.957 bits per heavy atom. The maximum absolute atomic E-state index is 14.5. The van der Waals surface area contributed by atoms with Crippen molar-refractivity contribution in [1.29, 1.82) is 0 Å². The molecule has 46 heavy (non-hydrogen) atoms. The van der Waals surface area contributed by atoms with Gasteiger partial charge in [0.2, 0.25) is 17.7 Å². The molecule has 6 rings (SSSR count). The van der Waals surface area contributed by atoms with Gasteiger partial charge in [0.1, 0.15) is 23.7 Å².